The first-order valence-corrected chi connectivity index (χ1v) is 12.0. The van der Waals surface area contributed by atoms with Crippen LogP contribution >= 0.6 is 22.7 Å². The second-order valence-corrected chi connectivity index (χ2v) is 9.23. The Bertz CT molecular complexity index is 1040. The summed E-state index contributed by atoms with van der Waals surface area (Å²) >= 11 is 2.46. The van der Waals surface area contributed by atoms with E-state index in [9.17, 15) is 19.2 Å². The van der Waals surface area contributed by atoms with Gasteiger partial charge in [0.05, 0.1) is 18.6 Å². The van der Waals surface area contributed by atoms with Crippen molar-refractivity contribution < 1.29 is 23.9 Å². The SMILES string of the molecule is CCOC(=O)c1c(NC(=O)C(C)OC(=O)CCn2c(C)csc2=O)sc2c1CCCC2. The molecule has 1 aliphatic rings. The van der Waals surface area contributed by atoms with Crippen molar-refractivity contribution >= 4 is 45.5 Å². The minimum atomic E-state index is -1.04. The van der Waals surface area contributed by atoms with E-state index in [2.05, 4.69) is 5.32 Å². The molecule has 1 aliphatic carbocycles. The molecule has 0 radical (unpaired) electrons. The van der Waals surface area contributed by atoms with Gasteiger partial charge in [0.2, 0.25) is 0 Å². The Morgan fingerprint density at radius 2 is 2.00 bits per heavy atom. The molecular formula is C21H26N2O6S2. The molecule has 0 aromatic carbocycles. The molecule has 10 heteroatoms. The summed E-state index contributed by atoms with van der Waals surface area (Å²) in [6.45, 7) is 5.46. The van der Waals surface area contributed by atoms with Crippen molar-refractivity contribution in [3.05, 3.63) is 36.7 Å². The number of hydrogen-bond donors (Lipinski definition) is 1. The first-order chi connectivity index (χ1) is 14.8. The normalized spacial score (nSPS) is 13.9. The Morgan fingerprint density at radius 3 is 2.68 bits per heavy atom. The Kier molecular flexibility index (Phi) is 7.66. The number of esters is 2. The third kappa shape index (κ3) is 5.43. The van der Waals surface area contributed by atoms with Crippen molar-refractivity contribution in [3.63, 3.8) is 0 Å². The van der Waals surface area contributed by atoms with E-state index in [0.717, 1.165) is 53.2 Å². The van der Waals surface area contributed by atoms with Crippen molar-refractivity contribution in [3.8, 4) is 0 Å². The molecule has 1 N–H and O–H groups in total. The Morgan fingerprint density at radius 1 is 1.26 bits per heavy atom. The predicted molar refractivity (Wildman–Crippen MR) is 119 cm³/mol. The summed E-state index contributed by atoms with van der Waals surface area (Å²) in [6.07, 6.45) is 2.63. The Hall–Kier alpha value is -2.46. The zero-order valence-corrected chi connectivity index (χ0v) is 19.5. The highest BCUT2D eigenvalue weighted by Gasteiger charge is 2.28. The van der Waals surface area contributed by atoms with E-state index >= 15 is 0 Å². The molecule has 0 spiro atoms. The fourth-order valence-corrected chi connectivity index (χ4v) is 5.52. The maximum Gasteiger partial charge on any atom is 0.341 e. The summed E-state index contributed by atoms with van der Waals surface area (Å²) in [4.78, 5) is 50.0. The number of aromatic nitrogens is 1. The smallest absolute Gasteiger partial charge is 0.341 e. The Labute approximate surface area is 188 Å². The molecular weight excluding hydrogens is 440 g/mol. The van der Waals surface area contributed by atoms with Crippen LogP contribution in [-0.2, 0) is 38.4 Å². The zero-order valence-electron chi connectivity index (χ0n) is 17.8. The fraction of sp³-hybridized carbons (Fsp3) is 0.524. The van der Waals surface area contributed by atoms with Crippen molar-refractivity contribution in [2.75, 3.05) is 11.9 Å². The van der Waals surface area contributed by atoms with Gasteiger partial charge in [0.25, 0.3) is 5.91 Å². The number of fused-ring (bicyclic) bond motifs is 1. The number of carbonyl (C=O) groups excluding carboxylic acids is 3. The Balaban J connectivity index is 1.64. The number of hydrogen-bond acceptors (Lipinski definition) is 8. The lowest BCUT2D eigenvalue weighted by molar-refractivity contribution is -0.153. The van der Waals surface area contributed by atoms with Crippen molar-refractivity contribution in [1.82, 2.24) is 4.57 Å². The molecule has 1 unspecified atom stereocenters. The van der Waals surface area contributed by atoms with Crippen LogP contribution in [0.4, 0.5) is 5.00 Å². The van der Waals surface area contributed by atoms with Crippen LogP contribution in [0.3, 0.4) is 0 Å². The summed E-state index contributed by atoms with van der Waals surface area (Å²) in [5.41, 5.74) is 2.15. The molecule has 8 nitrogen and oxygen atoms in total. The maximum absolute atomic E-state index is 12.6. The molecule has 1 amide bonds. The van der Waals surface area contributed by atoms with Gasteiger partial charge in [-0.05, 0) is 52.0 Å². The molecule has 168 valence electrons. The number of anilines is 1. The maximum atomic E-state index is 12.6. The topological polar surface area (TPSA) is 104 Å². The summed E-state index contributed by atoms with van der Waals surface area (Å²) in [7, 11) is 0. The predicted octanol–water partition coefficient (Wildman–Crippen LogP) is 3.30. The number of aryl methyl sites for hydroxylation is 2. The molecule has 0 aliphatic heterocycles. The van der Waals surface area contributed by atoms with E-state index in [-0.39, 0.29) is 24.4 Å². The molecule has 0 saturated heterocycles. The van der Waals surface area contributed by atoms with Crippen LogP contribution in [0, 0.1) is 6.92 Å². The standard InChI is InChI=1S/C21H26N2O6S2/c1-4-28-20(26)17-14-7-5-6-8-15(14)31-19(17)22-18(25)13(3)29-16(24)9-10-23-12(2)11-30-21(23)27/h11,13H,4-10H2,1-3H3,(H,22,25). The van der Waals surface area contributed by atoms with Crippen LogP contribution in [0.1, 0.15) is 59.6 Å². The number of thiophene rings is 1. The molecule has 2 aromatic rings. The lowest BCUT2D eigenvalue weighted by Gasteiger charge is -2.14. The molecule has 2 heterocycles. The van der Waals surface area contributed by atoms with Gasteiger partial charge in [-0.15, -0.1) is 11.3 Å². The molecule has 3 rings (SSSR count). The van der Waals surface area contributed by atoms with Crippen LogP contribution in [-0.4, -0.2) is 35.1 Å². The van der Waals surface area contributed by atoms with Gasteiger partial charge in [0.15, 0.2) is 6.10 Å². The molecule has 0 saturated carbocycles. The average Bonchev–Trinajstić information content (AvgIpc) is 3.25. The van der Waals surface area contributed by atoms with Crippen molar-refractivity contribution in [1.29, 1.82) is 0 Å². The minimum absolute atomic E-state index is 0.0174. The van der Waals surface area contributed by atoms with Crippen molar-refractivity contribution in [2.24, 2.45) is 0 Å². The van der Waals surface area contributed by atoms with Crippen LogP contribution in [0.2, 0.25) is 0 Å². The second kappa shape index (κ2) is 10.2. The van der Waals surface area contributed by atoms with Crippen LogP contribution in [0.15, 0.2) is 10.2 Å². The highest BCUT2D eigenvalue weighted by molar-refractivity contribution is 7.17. The van der Waals surface area contributed by atoms with Crippen molar-refractivity contribution in [2.45, 2.75) is 65.5 Å². The average molecular weight is 467 g/mol. The summed E-state index contributed by atoms with van der Waals surface area (Å²) in [5, 5.41) is 4.92. The van der Waals surface area contributed by atoms with Gasteiger partial charge < -0.3 is 19.4 Å². The molecule has 0 bridgehead atoms. The third-order valence-electron chi connectivity index (χ3n) is 5.08. The lowest BCUT2D eigenvalue weighted by atomic mass is 9.95. The van der Waals surface area contributed by atoms with Gasteiger partial charge in [-0.2, -0.15) is 0 Å². The zero-order chi connectivity index (χ0) is 22.5. The quantitative estimate of drug-likeness (QED) is 0.599. The van der Waals surface area contributed by atoms with Gasteiger partial charge >= 0.3 is 16.8 Å². The van der Waals surface area contributed by atoms with E-state index in [4.69, 9.17) is 9.47 Å². The largest absolute Gasteiger partial charge is 0.462 e. The number of amides is 1. The third-order valence-corrected chi connectivity index (χ3v) is 7.17. The van der Waals surface area contributed by atoms with Crippen LogP contribution in [0.25, 0.3) is 0 Å². The number of ether oxygens (including phenoxy) is 2. The van der Waals surface area contributed by atoms with Crippen LogP contribution < -0.4 is 10.2 Å². The van der Waals surface area contributed by atoms with E-state index in [1.54, 1.807) is 19.2 Å². The number of carbonyl (C=O) groups is 3. The molecule has 31 heavy (non-hydrogen) atoms. The second-order valence-electron chi connectivity index (χ2n) is 7.30. The fourth-order valence-electron chi connectivity index (χ4n) is 3.47. The summed E-state index contributed by atoms with van der Waals surface area (Å²) < 4.78 is 11.9. The molecule has 2 aromatic heterocycles. The van der Waals surface area contributed by atoms with Crippen LogP contribution in [0.5, 0.6) is 0 Å². The van der Waals surface area contributed by atoms with Gasteiger partial charge in [0.1, 0.15) is 5.00 Å². The number of thiazole rings is 1. The minimum Gasteiger partial charge on any atom is -0.462 e. The van der Waals surface area contributed by atoms with E-state index in [1.165, 1.54) is 22.8 Å². The van der Waals surface area contributed by atoms with Gasteiger partial charge in [-0.3, -0.25) is 14.4 Å². The van der Waals surface area contributed by atoms with Gasteiger partial charge in [0, 0.05) is 22.5 Å². The van der Waals surface area contributed by atoms with E-state index < -0.39 is 23.9 Å². The molecule has 1 atom stereocenters. The number of nitrogens with zero attached hydrogens (tertiary/aromatic N) is 1. The number of nitrogens with one attached hydrogen (secondary N) is 1. The van der Waals surface area contributed by atoms with E-state index in [0.29, 0.717) is 10.6 Å². The lowest BCUT2D eigenvalue weighted by Crippen LogP contribution is -2.31. The number of rotatable bonds is 8. The monoisotopic (exact) mass is 466 g/mol. The van der Waals surface area contributed by atoms with Gasteiger partial charge in [-0.25, -0.2) is 4.79 Å². The first-order valence-electron chi connectivity index (χ1n) is 10.3. The first kappa shape index (κ1) is 23.2. The van der Waals surface area contributed by atoms with E-state index in [1.807, 2.05) is 0 Å². The summed E-state index contributed by atoms with van der Waals surface area (Å²) in [6, 6.07) is 0. The highest BCUT2D eigenvalue weighted by atomic mass is 32.1. The highest BCUT2D eigenvalue weighted by Crippen LogP contribution is 2.38. The molecule has 0 fully saturated rings. The van der Waals surface area contributed by atoms with Gasteiger partial charge in [-0.1, -0.05) is 11.3 Å². The summed E-state index contributed by atoms with van der Waals surface area (Å²) in [5.74, 6) is -1.53.